The molecule has 5 nitrogen and oxygen atoms in total. The highest BCUT2D eigenvalue weighted by molar-refractivity contribution is 5.85. The summed E-state index contributed by atoms with van der Waals surface area (Å²) in [6, 6.07) is 0. The lowest BCUT2D eigenvalue weighted by molar-refractivity contribution is -0.135. The Bertz CT molecular complexity index is 301. The Hall–Kier alpha value is -1.10. The molecule has 0 aromatic carbocycles. The summed E-state index contributed by atoms with van der Waals surface area (Å²) in [6.45, 7) is 3.56. The first kappa shape index (κ1) is 12.4. The lowest BCUT2D eigenvalue weighted by Crippen LogP contribution is -2.48. The maximum absolute atomic E-state index is 11.6. The van der Waals surface area contributed by atoms with Gasteiger partial charge in [0.2, 0.25) is 0 Å². The number of ether oxygens (including phenoxy) is 2. The Morgan fingerprint density at radius 2 is 2.24 bits per heavy atom. The molecule has 0 spiro atoms. The van der Waals surface area contributed by atoms with E-state index in [-0.39, 0.29) is 11.9 Å². The molecule has 1 atom stereocenters. The fourth-order valence-electron chi connectivity index (χ4n) is 1.86. The van der Waals surface area contributed by atoms with Crippen LogP contribution in [0.15, 0.2) is 0 Å². The van der Waals surface area contributed by atoms with Gasteiger partial charge in [0.15, 0.2) is 5.78 Å². The summed E-state index contributed by atoms with van der Waals surface area (Å²) in [5.74, 6) is 0.729. The number of ketones is 1. The predicted molar refractivity (Wildman–Crippen MR) is 60.7 cm³/mol. The minimum absolute atomic E-state index is 0.103. The molecule has 0 aromatic heterocycles. The third-order valence-electron chi connectivity index (χ3n) is 3.13. The normalized spacial score (nSPS) is 24.9. The van der Waals surface area contributed by atoms with Crippen LogP contribution in [0.2, 0.25) is 0 Å². The molecule has 0 N–H and O–H groups in total. The Balaban J connectivity index is 1.81. The Morgan fingerprint density at radius 3 is 2.88 bits per heavy atom. The van der Waals surface area contributed by atoms with Crippen LogP contribution >= 0.6 is 0 Å². The monoisotopic (exact) mass is 241 g/mol. The van der Waals surface area contributed by atoms with E-state index in [2.05, 4.69) is 0 Å². The molecule has 0 radical (unpaired) electrons. The average Bonchev–Trinajstić information content (AvgIpc) is 3.12. The molecule has 1 aliphatic heterocycles. The Morgan fingerprint density at radius 1 is 1.47 bits per heavy atom. The van der Waals surface area contributed by atoms with Gasteiger partial charge < -0.3 is 14.4 Å². The smallest absolute Gasteiger partial charge is 0.409 e. The van der Waals surface area contributed by atoms with Gasteiger partial charge in [-0.3, -0.25) is 4.79 Å². The average molecular weight is 241 g/mol. The van der Waals surface area contributed by atoms with Crippen LogP contribution in [0.4, 0.5) is 4.79 Å². The highest BCUT2D eigenvalue weighted by atomic mass is 16.6. The first-order valence-electron chi connectivity index (χ1n) is 6.26. The van der Waals surface area contributed by atoms with E-state index in [0.29, 0.717) is 38.6 Å². The van der Waals surface area contributed by atoms with Crippen LogP contribution in [0.25, 0.3) is 0 Å². The number of Topliss-reactive ketones (excluding diaryl/α,β-unsaturated/α-hetero) is 1. The molecule has 17 heavy (non-hydrogen) atoms. The number of nitrogens with zero attached hydrogens (tertiary/aromatic N) is 1. The zero-order chi connectivity index (χ0) is 12.3. The number of amides is 1. The lowest BCUT2D eigenvalue weighted by atomic mass is 10.1. The second kappa shape index (κ2) is 5.49. The Labute approximate surface area is 101 Å². The maximum Gasteiger partial charge on any atom is 0.409 e. The standard InChI is InChI=1S/C12H19NO4/c1-2-16-12(15)13-6-5-10(14)11(7-13)17-8-9-3-4-9/h9,11H,2-8H2,1H3. The van der Waals surface area contributed by atoms with Crippen LogP contribution < -0.4 is 0 Å². The van der Waals surface area contributed by atoms with Crippen molar-refractivity contribution in [3.63, 3.8) is 0 Å². The molecule has 1 saturated carbocycles. The van der Waals surface area contributed by atoms with Gasteiger partial charge in [0.25, 0.3) is 0 Å². The number of likely N-dealkylation sites (tertiary alicyclic amines) is 1. The molecule has 0 aromatic rings. The van der Waals surface area contributed by atoms with Crippen LogP contribution in [0.5, 0.6) is 0 Å². The van der Waals surface area contributed by atoms with E-state index in [1.807, 2.05) is 0 Å². The van der Waals surface area contributed by atoms with Gasteiger partial charge in [0.05, 0.1) is 19.8 Å². The van der Waals surface area contributed by atoms with Gasteiger partial charge in [-0.05, 0) is 25.7 Å². The van der Waals surface area contributed by atoms with Crippen molar-refractivity contribution < 1.29 is 19.1 Å². The third kappa shape index (κ3) is 3.43. The van der Waals surface area contributed by atoms with Crippen molar-refractivity contribution in [3.05, 3.63) is 0 Å². The van der Waals surface area contributed by atoms with E-state index in [0.717, 1.165) is 0 Å². The van der Waals surface area contributed by atoms with Gasteiger partial charge >= 0.3 is 6.09 Å². The molecule has 1 amide bonds. The molecule has 1 heterocycles. The van der Waals surface area contributed by atoms with Gasteiger partial charge in [-0.15, -0.1) is 0 Å². The lowest BCUT2D eigenvalue weighted by Gasteiger charge is -2.30. The number of carbonyl (C=O) groups excluding carboxylic acids is 2. The minimum atomic E-state index is -0.450. The van der Waals surface area contributed by atoms with Gasteiger partial charge in [-0.2, -0.15) is 0 Å². The molecule has 5 heteroatoms. The maximum atomic E-state index is 11.6. The van der Waals surface area contributed by atoms with Crippen LogP contribution in [-0.4, -0.2) is 49.2 Å². The van der Waals surface area contributed by atoms with E-state index < -0.39 is 6.10 Å². The SMILES string of the molecule is CCOC(=O)N1CCC(=O)C(OCC2CC2)C1. The summed E-state index contributed by atoms with van der Waals surface area (Å²) in [4.78, 5) is 24.7. The molecule has 2 fully saturated rings. The molecule has 0 bridgehead atoms. The van der Waals surface area contributed by atoms with Crippen LogP contribution in [-0.2, 0) is 14.3 Å². The molecule has 1 unspecified atom stereocenters. The van der Waals surface area contributed by atoms with Gasteiger partial charge in [0, 0.05) is 13.0 Å². The van der Waals surface area contributed by atoms with Crippen molar-refractivity contribution in [1.29, 1.82) is 0 Å². The molecule has 2 rings (SSSR count). The zero-order valence-electron chi connectivity index (χ0n) is 10.2. The first-order chi connectivity index (χ1) is 8.20. The summed E-state index contributed by atoms with van der Waals surface area (Å²) in [5.41, 5.74) is 0. The molecule has 2 aliphatic rings. The van der Waals surface area contributed by atoms with E-state index in [1.54, 1.807) is 11.8 Å². The molecule has 1 aliphatic carbocycles. The number of hydrogen-bond acceptors (Lipinski definition) is 4. The third-order valence-corrected chi connectivity index (χ3v) is 3.13. The zero-order valence-corrected chi connectivity index (χ0v) is 10.2. The van der Waals surface area contributed by atoms with Crippen molar-refractivity contribution in [2.45, 2.75) is 32.3 Å². The van der Waals surface area contributed by atoms with Crippen LogP contribution in [0.1, 0.15) is 26.2 Å². The van der Waals surface area contributed by atoms with E-state index in [9.17, 15) is 9.59 Å². The number of carbonyl (C=O) groups is 2. The number of piperidine rings is 1. The predicted octanol–water partition coefficient (Wildman–Crippen LogP) is 1.21. The van der Waals surface area contributed by atoms with Crippen LogP contribution in [0, 0.1) is 5.92 Å². The number of hydrogen-bond donors (Lipinski definition) is 0. The van der Waals surface area contributed by atoms with Crippen molar-refractivity contribution >= 4 is 11.9 Å². The quantitative estimate of drug-likeness (QED) is 0.742. The van der Waals surface area contributed by atoms with Crippen LogP contribution in [0.3, 0.4) is 0 Å². The topological polar surface area (TPSA) is 55.8 Å². The summed E-state index contributed by atoms with van der Waals surface area (Å²) in [7, 11) is 0. The molecular weight excluding hydrogens is 222 g/mol. The summed E-state index contributed by atoms with van der Waals surface area (Å²) in [5, 5.41) is 0. The highest BCUT2D eigenvalue weighted by Crippen LogP contribution is 2.29. The Kier molecular flexibility index (Phi) is 3.99. The molecular formula is C12H19NO4. The second-order valence-electron chi connectivity index (χ2n) is 4.63. The van der Waals surface area contributed by atoms with Crippen molar-refractivity contribution in [3.8, 4) is 0 Å². The first-order valence-corrected chi connectivity index (χ1v) is 6.26. The van der Waals surface area contributed by atoms with Gasteiger partial charge in [0.1, 0.15) is 6.10 Å². The fraction of sp³-hybridized carbons (Fsp3) is 0.833. The molecule has 96 valence electrons. The van der Waals surface area contributed by atoms with Crippen molar-refractivity contribution in [2.75, 3.05) is 26.3 Å². The van der Waals surface area contributed by atoms with E-state index in [1.165, 1.54) is 12.8 Å². The van der Waals surface area contributed by atoms with Crippen molar-refractivity contribution in [2.24, 2.45) is 5.92 Å². The highest BCUT2D eigenvalue weighted by Gasteiger charge is 2.32. The summed E-state index contributed by atoms with van der Waals surface area (Å²) < 4.78 is 10.5. The number of rotatable bonds is 4. The second-order valence-corrected chi connectivity index (χ2v) is 4.63. The minimum Gasteiger partial charge on any atom is -0.450 e. The van der Waals surface area contributed by atoms with E-state index >= 15 is 0 Å². The van der Waals surface area contributed by atoms with Crippen molar-refractivity contribution in [1.82, 2.24) is 4.90 Å². The summed E-state index contributed by atoms with van der Waals surface area (Å²) in [6.07, 6.45) is 1.97. The largest absolute Gasteiger partial charge is 0.450 e. The summed E-state index contributed by atoms with van der Waals surface area (Å²) >= 11 is 0. The van der Waals surface area contributed by atoms with Gasteiger partial charge in [-0.1, -0.05) is 0 Å². The molecule has 1 saturated heterocycles. The fourth-order valence-corrected chi connectivity index (χ4v) is 1.86. The van der Waals surface area contributed by atoms with Gasteiger partial charge in [-0.25, -0.2) is 4.79 Å². The van der Waals surface area contributed by atoms with E-state index in [4.69, 9.17) is 9.47 Å².